The lowest BCUT2D eigenvalue weighted by atomic mass is 10.0. The van der Waals surface area contributed by atoms with Crippen LogP contribution >= 0.6 is 0 Å². The van der Waals surface area contributed by atoms with Gasteiger partial charge in [-0.05, 0) is 12.1 Å². The zero-order valence-corrected chi connectivity index (χ0v) is 13.3. The van der Waals surface area contributed by atoms with E-state index in [4.69, 9.17) is 5.11 Å². The minimum atomic E-state index is -1.01. The summed E-state index contributed by atoms with van der Waals surface area (Å²) in [6.07, 6.45) is 0. The van der Waals surface area contributed by atoms with Crippen molar-refractivity contribution in [2.45, 2.75) is 0 Å². The summed E-state index contributed by atoms with van der Waals surface area (Å²) in [5, 5.41) is 8.63. The maximum atomic E-state index is 11.8. The van der Waals surface area contributed by atoms with E-state index < -0.39 is 17.3 Å². The van der Waals surface area contributed by atoms with E-state index in [9.17, 15) is 14.4 Å². The van der Waals surface area contributed by atoms with Crippen molar-refractivity contribution in [3.8, 4) is 5.75 Å². The summed E-state index contributed by atoms with van der Waals surface area (Å²) in [4.78, 5) is 35.3. The zero-order chi connectivity index (χ0) is 18.1. The number of hydrogen-bond donors (Lipinski definition) is 1. The van der Waals surface area contributed by atoms with Crippen molar-refractivity contribution in [2.75, 3.05) is 0 Å². The maximum Gasteiger partial charge on any atom is 0.273 e. The van der Waals surface area contributed by atoms with Gasteiger partial charge in [0.2, 0.25) is 11.6 Å². The zero-order valence-electron chi connectivity index (χ0n) is 13.3. The molecular formula is C21H16O4. The second kappa shape index (κ2) is 8.93. The third-order valence-electron chi connectivity index (χ3n) is 3.24. The summed E-state index contributed by atoms with van der Waals surface area (Å²) in [7, 11) is 0. The molecule has 1 N–H and O–H groups in total. The maximum absolute atomic E-state index is 11.8. The van der Waals surface area contributed by atoms with E-state index >= 15 is 0 Å². The Balaban J connectivity index is 0.000000269. The highest BCUT2D eigenvalue weighted by Crippen LogP contribution is 2.06. The fourth-order valence-electron chi connectivity index (χ4n) is 1.97. The van der Waals surface area contributed by atoms with Crippen LogP contribution in [0.1, 0.15) is 20.7 Å². The number of carbonyl (C=O) groups excluding carboxylic acids is 3. The van der Waals surface area contributed by atoms with Gasteiger partial charge in [0.1, 0.15) is 5.75 Å². The third-order valence-corrected chi connectivity index (χ3v) is 3.24. The minimum Gasteiger partial charge on any atom is -0.508 e. The fourth-order valence-corrected chi connectivity index (χ4v) is 1.97. The monoisotopic (exact) mass is 332 g/mol. The molecule has 0 saturated heterocycles. The summed E-state index contributed by atoms with van der Waals surface area (Å²) in [6.45, 7) is 0. The SMILES string of the molecule is O=C(C(=O)c1ccccc1)C(=O)c1ccccc1.Oc1ccccc1. The molecule has 0 bridgehead atoms. The van der Waals surface area contributed by atoms with Crippen molar-refractivity contribution in [2.24, 2.45) is 0 Å². The van der Waals surface area contributed by atoms with Crippen LogP contribution in [0.2, 0.25) is 0 Å². The second-order valence-electron chi connectivity index (χ2n) is 5.05. The average molecular weight is 332 g/mol. The van der Waals surface area contributed by atoms with Crippen LogP contribution in [0, 0.1) is 0 Å². The highest BCUT2D eigenvalue weighted by Gasteiger charge is 2.24. The Labute approximate surface area is 145 Å². The van der Waals surface area contributed by atoms with E-state index in [-0.39, 0.29) is 11.1 Å². The highest BCUT2D eigenvalue weighted by molar-refractivity contribution is 6.69. The van der Waals surface area contributed by atoms with Crippen molar-refractivity contribution in [3.05, 3.63) is 102 Å². The van der Waals surface area contributed by atoms with Gasteiger partial charge in [-0.2, -0.15) is 0 Å². The van der Waals surface area contributed by atoms with Crippen LogP contribution in [0.15, 0.2) is 91.0 Å². The molecule has 0 aliphatic rings. The summed E-state index contributed by atoms with van der Waals surface area (Å²) >= 11 is 0. The van der Waals surface area contributed by atoms with Crippen molar-refractivity contribution in [3.63, 3.8) is 0 Å². The van der Waals surface area contributed by atoms with Crippen LogP contribution in [-0.4, -0.2) is 22.5 Å². The average Bonchev–Trinajstić information content (AvgIpc) is 2.69. The van der Waals surface area contributed by atoms with Gasteiger partial charge in [0.25, 0.3) is 5.78 Å². The first-order chi connectivity index (χ1) is 12.1. The lowest BCUT2D eigenvalue weighted by molar-refractivity contribution is -0.111. The molecule has 25 heavy (non-hydrogen) atoms. The molecule has 4 nitrogen and oxygen atoms in total. The number of phenols is 1. The molecule has 0 aliphatic heterocycles. The van der Waals surface area contributed by atoms with Gasteiger partial charge >= 0.3 is 0 Å². The van der Waals surface area contributed by atoms with Gasteiger partial charge in [0.15, 0.2) is 0 Å². The normalized spacial score (nSPS) is 9.44. The van der Waals surface area contributed by atoms with E-state index in [1.807, 2.05) is 6.07 Å². The van der Waals surface area contributed by atoms with E-state index in [1.54, 1.807) is 60.7 Å². The standard InChI is InChI=1S/C15H10O3.C6H6O/c16-13(11-7-3-1-4-8-11)15(18)14(17)12-9-5-2-6-10-12;7-6-4-2-1-3-5-6/h1-10H;1-5,7H. The van der Waals surface area contributed by atoms with Gasteiger partial charge in [0.05, 0.1) is 0 Å². The number of rotatable bonds is 4. The first kappa shape index (κ1) is 17.8. The van der Waals surface area contributed by atoms with E-state index in [2.05, 4.69) is 0 Å². The van der Waals surface area contributed by atoms with E-state index in [1.165, 1.54) is 24.3 Å². The van der Waals surface area contributed by atoms with Gasteiger partial charge in [0, 0.05) is 11.1 Å². The Hall–Kier alpha value is -3.53. The highest BCUT2D eigenvalue weighted by atomic mass is 16.3. The summed E-state index contributed by atoms with van der Waals surface area (Å²) in [6, 6.07) is 24.8. The third kappa shape index (κ3) is 5.25. The van der Waals surface area contributed by atoms with Crippen LogP contribution < -0.4 is 0 Å². The van der Waals surface area contributed by atoms with Crippen LogP contribution in [0.5, 0.6) is 5.75 Å². The summed E-state index contributed by atoms with van der Waals surface area (Å²) in [5.41, 5.74) is 0.457. The van der Waals surface area contributed by atoms with Gasteiger partial charge < -0.3 is 5.11 Å². The largest absolute Gasteiger partial charge is 0.508 e. The Morgan fingerprint density at radius 1 is 0.520 bits per heavy atom. The minimum absolute atomic E-state index is 0.229. The summed E-state index contributed by atoms with van der Waals surface area (Å²) < 4.78 is 0. The second-order valence-corrected chi connectivity index (χ2v) is 5.05. The van der Waals surface area contributed by atoms with Gasteiger partial charge in [-0.1, -0.05) is 78.9 Å². The molecule has 4 heteroatoms. The molecule has 0 radical (unpaired) electrons. The molecule has 0 fully saturated rings. The molecule has 3 rings (SSSR count). The topological polar surface area (TPSA) is 71.4 Å². The van der Waals surface area contributed by atoms with Gasteiger partial charge in [-0.25, -0.2) is 0 Å². The molecule has 0 aromatic heterocycles. The number of carbonyl (C=O) groups is 3. The number of hydrogen-bond acceptors (Lipinski definition) is 4. The smallest absolute Gasteiger partial charge is 0.273 e. The number of aromatic hydroxyl groups is 1. The fraction of sp³-hybridized carbons (Fsp3) is 0. The molecule has 0 atom stereocenters. The molecule has 0 unspecified atom stereocenters. The molecule has 124 valence electrons. The van der Waals surface area contributed by atoms with Crippen LogP contribution in [-0.2, 0) is 4.79 Å². The van der Waals surface area contributed by atoms with Crippen molar-refractivity contribution in [1.29, 1.82) is 0 Å². The first-order valence-corrected chi connectivity index (χ1v) is 7.57. The van der Waals surface area contributed by atoms with Gasteiger partial charge in [-0.3, -0.25) is 14.4 Å². The Morgan fingerprint density at radius 3 is 1.12 bits per heavy atom. The lowest BCUT2D eigenvalue weighted by Gasteiger charge is -1.99. The Morgan fingerprint density at radius 2 is 0.840 bits per heavy atom. The molecule has 3 aromatic rings. The van der Waals surface area contributed by atoms with Crippen molar-refractivity contribution in [1.82, 2.24) is 0 Å². The van der Waals surface area contributed by atoms with Crippen LogP contribution in [0.3, 0.4) is 0 Å². The number of Topliss-reactive ketones (excluding diaryl/α,β-unsaturated/α-hetero) is 3. The van der Waals surface area contributed by atoms with E-state index in [0.717, 1.165) is 0 Å². The van der Waals surface area contributed by atoms with Gasteiger partial charge in [-0.15, -0.1) is 0 Å². The lowest BCUT2D eigenvalue weighted by Crippen LogP contribution is -2.24. The van der Waals surface area contributed by atoms with Crippen molar-refractivity contribution < 1.29 is 19.5 Å². The molecule has 0 heterocycles. The molecule has 0 spiro atoms. The molecule has 0 aliphatic carbocycles. The Kier molecular flexibility index (Phi) is 6.37. The van der Waals surface area contributed by atoms with Crippen LogP contribution in [0.25, 0.3) is 0 Å². The predicted octanol–water partition coefficient (Wildman–Crippen LogP) is 3.71. The Bertz CT molecular complexity index is 787. The molecule has 3 aromatic carbocycles. The predicted molar refractivity (Wildman–Crippen MR) is 94.7 cm³/mol. The number of benzene rings is 3. The quantitative estimate of drug-likeness (QED) is 0.449. The number of para-hydroxylation sites is 1. The number of ketones is 3. The first-order valence-electron chi connectivity index (χ1n) is 7.57. The molecule has 0 saturated carbocycles. The number of phenolic OH excluding ortho intramolecular Hbond substituents is 1. The van der Waals surface area contributed by atoms with Crippen molar-refractivity contribution >= 4 is 17.3 Å². The summed E-state index contributed by atoms with van der Waals surface area (Å²) in [5.74, 6) is -2.23. The molecule has 0 amide bonds. The van der Waals surface area contributed by atoms with E-state index in [0.29, 0.717) is 5.75 Å². The molecular weight excluding hydrogens is 316 g/mol. The van der Waals surface area contributed by atoms with Crippen LogP contribution in [0.4, 0.5) is 0 Å².